The molecule has 0 radical (unpaired) electrons. The summed E-state index contributed by atoms with van der Waals surface area (Å²) < 4.78 is 13.4. The van der Waals surface area contributed by atoms with Crippen LogP contribution in [0.1, 0.15) is 31.2 Å². The summed E-state index contributed by atoms with van der Waals surface area (Å²) in [5.74, 6) is 0.686. The van der Waals surface area contributed by atoms with E-state index in [0.29, 0.717) is 37.1 Å². The van der Waals surface area contributed by atoms with E-state index in [9.17, 15) is 9.59 Å². The summed E-state index contributed by atoms with van der Waals surface area (Å²) in [5, 5.41) is 0.611. The van der Waals surface area contributed by atoms with Crippen molar-refractivity contribution in [2.75, 3.05) is 25.6 Å². The minimum Gasteiger partial charge on any atom is -0.463 e. The number of benzene rings is 2. The van der Waals surface area contributed by atoms with Gasteiger partial charge in [-0.25, -0.2) is 9.79 Å². The lowest BCUT2D eigenvalue weighted by molar-refractivity contribution is -0.139. The number of thiazole rings is 1. The average molecular weight is 548 g/mol. The van der Waals surface area contributed by atoms with Crippen LogP contribution in [0.3, 0.4) is 0 Å². The van der Waals surface area contributed by atoms with Gasteiger partial charge in [-0.1, -0.05) is 47.2 Å². The maximum absolute atomic E-state index is 13.8. The molecule has 0 aliphatic carbocycles. The lowest BCUT2D eigenvalue weighted by atomic mass is 9.95. The highest BCUT2D eigenvalue weighted by atomic mass is 35.5. The van der Waals surface area contributed by atoms with Crippen LogP contribution in [0.5, 0.6) is 0 Å². The zero-order valence-electron chi connectivity index (χ0n) is 21.4. The van der Waals surface area contributed by atoms with Crippen molar-refractivity contribution < 1.29 is 13.9 Å². The van der Waals surface area contributed by atoms with Crippen molar-refractivity contribution in [3.8, 4) is 11.3 Å². The van der Waals surface area contributed by atoms with Gasteiger partial charge in [0.05, 0.1) is 28.5 Å². The largest absolute Gasteiger partial charge is 0.463 e. The van der Waals surface area contributed by atoms with Gasteiger partial charge in [-0.15, -0.1) is 0 Å². The van der Waals surface area contributed by atoms with Crippen molar-refractivity contribution in [1.29, 1.82) is 0 Å². The Morgan fingerprint density at radius 3 is 2.63 bits per heavy atom. The average Bonchev–Trinajstić information content (AvgIpc) is 3.48. The molecule has 3 heterocycles. The minimum absolute atomic E-state index is 0.222. The summed E-state index contributed by atoms with van der Waals surface area (Å²) in [6.07, 6.45) is 1.70. The Bertz CT molecular complexity index is 1730. The monoisotopic (exact) mass is 547 g/mol. The molecule has 0 N–H and O–H groups in total. The highest BCUT2D eigenvalue weighted by Gasteiger charge is 2.33. The molecule has 194 valence electrons. The molecule has 9 heteroatoms. The van der Waals surface area contributed by atoms with Crippen LogP contribution in [0, 0.1) is 0 Å². The van der Waals surface area contributed by atoms with E-state index in [1.54, 1.807) is 36.6 Å². The summed E-state index contributed by atoms with van der Waals surface area (Å²) in [5.41, 5.74) is 3.26. The Morgan fingerprint density at radius 2 is 1.95 bits per heavy atom. The molecule has 4 aromatic rings. The first-order valence-corrected chi connectivity index (χ1v) is 13.3. The van der Waals surface area contributed by atoms with E-state index in [2.05, 4.69) is 4.99 Å². The van der Waals surface area contributed by atoms with E-state index in [-0.39, 0.29) is 12.2 Å². The Balaban J connectivity index is 1.63. The van der Waals surface area contributed by atoms with E-state index < -0.39 is 12.0 Å². The van der Waals surface area contributed by atoms with Crippen molar-refractivity contribution in [2.45, 2.75) is 19.9 Å². The molecule has 2 aromatic heterocycles. The number of furan rings is 1. The predicted molar refractivity (Wildman–Crippen MR) is 150 cm³/mol. The van der Waals surface area contributed by atoms with Crippen molar-refractivity contribution in [2.24, 2.45) is 4.99 Å². The molecule has 0 spiro atoms. The van der Waals surface area contributed by atoms with Crippen molar-refractivity contribution in [3.63, 3.8) is 0 Å². The fraction of sp³-hybridized carbons (Fsp3) is 0.207. The van der Waals surface area contributed by atoms with Crippen LogP contribution in [0.25, 0.3) is 17.4 Å². The highest BCUT2D eigenvalue weighted by molar-refractivity contribution is 7.07. The third-order valence-electron chi connectivity index (χ3n) is 6.25. The third kappa shape index (κ3) is 4.85. The number of anilines is 1. The molecule has 2 aromatic carbocycles. The number of carbonyl (C=O) groups excluding carboxylic acids is 1. The smallest absolute Gasteiger partial charge is 0.338 e. The second-order valence-corrected chi connectivity index (χ2v) is 10.4. The van der Waals surface area contributed by atoms with Crippen LogP contribution in [0.2, 0.25) is 5.02 Å². The standard InChI is InChI=1S/C29H26ClN3O4S/c1-5-36-28(35)25-17(2)31-29-33(26(25)18-9-11-21(12-10-18)32(3)4)27(34)24(38-29)16-22-13-14-23(37-22)19-7-6-8-20(30)15-19/h6-16,26H,5H2,1-4H3/t26-/m0/s1. The maximum atomic E-state index is 13.8. The zero-order valence-corrected chi connectivity index (χ0v) is 23.0. The molecule has 38 heavy (non-hydrogen) atoms. The highest BCUT2D eigenvalue weighted by Crippen LogP contribution is 2.32. The van der Waals surface area contributed by atoms with Gasteiger partial charge in [-0.05, 0) is 55.8 Å². The van der Waals surface area contributed by atoms with Gasteiger partial charge < -0.3 is 14.1 Å². The lowest BCUT2D eigenvalue weighted by Crippen LogP contribution is -2.39. The van der Waals surface area contributed by atoms with E-state index in [1.807, 2.05) is 67.5 Å². The molecule has 1 aliphatic heterocycles. The van der Waals surface area contributed by atoms with E-state index in [0.717, 1.165) is 16.8 Å². The Hall–Kier alpha value is -3.88. The number of fused-ring (bicyclic) bond motifs is 1. The fourth-order valence-electron chi connectivity index (χ4n) is 4.42. The van der Waals surface area contributed by atoms with Gasteiger partial charge in [-0.3, -0.25) is 9.36 Å². The topological polar surface area (TPSA) is 77.0 Å². The zero-order chi connectivity index (χ0) is 27.0. The van der Waals surface area contributed by atoms with Crippen LogP contribution >= 0.6 is 22.9 Å². The van der Waals surface area contributed by atoms with Gasteiger partial charge in [0.1, 0.15) is 11.5 Å². The quantitative estimate of drug-likeness (QED) is 0.325. The number of hydrogen-bond donors (Lipinski definition) is 0. The number of carbonyl (C=O) groups is 1. The van der Waals surface area contributed by atoms with Crippen molar-refractivity contribution >= 4 is 40.7 Å². The van der Waals surface area contributed by atoms with E-state index in [4.69, 9.17) is 20.8 Å². The molecular formula is C29H26ClN3O4S. The van der Waals surface area contributed by atoms with E-state index >= 15 is 0 Å². The number of allylic oxidation sites excluding steroid dienone is 1. The second-order valence-electron chi connectivity index (χ2n) is 9.00. The van der Waals surface area contributed by atoms with Crippen LogP contribution in [-0.4, -0.2) is 31.2 Å². The van der Waals surface area contributed by atoms with Gasteiger partial charge in [0.25, 0.3) is 5.56 Å². The molecule has 1 atom stereocenters. The first kappa shape index (κ1) is 25.8. The summed E-state index contributed by atoms with van der Waals surface area (Å²) >= 11 is 7.38. The number of halogens is 1. The number of nitrogens with zero attached hydrogens (tertiary/aromatic N) is 3. The predicted octanol–water partition coefficient (Wildman–Crippen LogP) is 4.78. The number of aromatic nitrogens is 1. The van der Waals surface area contributed by atoms with Gasteiger partial charge in [-0.2, -0.15) is 0 Å². The van der Waals surface area contributed by atoms with Crippen LogP contribution in [0.15, 0.2) is 86.1 Å². The number of hydrogen-bond acceptors (Lipinski definition) is 7. The SMILES string of the molecule is CCOC(=O)C1=C(C)N=c2sc(=Cc3ccc(-c4cccc(Cl)c4)o3)c(=O)n2[C@H]1c1ccc(N(C)C)cc1. The van der Waals surface area contributed by atoms with Gasteiger partial charge in [0.2, 0.25) is 0 Å². The van der Waals surface area contributed by atoms with Crippen molar-refractivity contribution in [1.82, 2.24) is 4.57 Å². The Labute approximate surface area is 228 Å². The van der Waals surface area contributed by atoms with E-state index in [1.165, 1.54) is 11.3 Å². The van der Waals surface area contributed by atoms with Gasteiger partial charge in [0.15, 0.2) is 4.80 Å². The van der Waals surface area contributed by atoms with Gasteiger partial charge >= 0.3 is 5.97 Å². The van der Waals surface area contributed by atoms with Gasteiger partial charge in [0, 0.05) is 36.4 Å². The molecule has 0 bridgehead atoms. The summed E-state index contributed by atoms with van der Waals surface area (Å²) in [7, 11) is 3.91. The molecule has 1 aliphatic rings. The molecule has 0 fully saturated rings. The number of ether oxygens (including phenoxy) is 1. The Morgan fingerprint density at radius 1 is 1.18 bits per heavy atom. The molecule has 0 amide bonds. The van der Waals surface area contributed by atoms with Crippen LogP contribution in [-0.2, 0) is 9.53 Å². The summed E-state index contributed by atoms with van der Waals surface area (Å²) in [4.78, 5) is 33.9. The summed E-state index contributed by atoms with van der Waals surface area (Å²) in [6, 6.07) is 18.1. The summed E-state index contributed by atoms with van der Waals surface area (Å²) in [6.45, 7) is 3.75. The fourth-order valence-corrected chi connectivity index (χ4v) is 5.64. The second kappa shape index (κ2) is 10.5. The first-order chi connectivity index (χ1) is 18.3. The normalized spacial score (nSPS) is 15.3. The molecule has 0 saturated heterocycles. The lowest BCUT2D eigenvalue weighted by Gasteiger charge is -2.25. The van der Waals surface area contributed by atoms with Crippen molar-refractivity contribution in [3.05, 3.63) is 108 Å². The molecule has 0 saturated carbocycles. The molecule has 5 rings (SSSR count). The third-order valence-corrected chi connectivity index (χ3v) is 7.47. The number of rotatable bonds is 6. The van der Waals surface area contributed by atoms with Crippen LogP contribution in [0.4, 0.5) is 5.69 Å². The van der Waals surface area contributed by atoms with Crippen LogP contribution < -0.4 is 19.8 Å². The Kier molecular flexibility index (Phi) is 7.10. The number of esters is 1. The maximum Gasteiger partial charge on any atom is 0.338 e. The molecule has 7 nitrogen and oxygen atoms in total. The minimum atomic E-state index is -0.665. The first-order valence-electron chi connectivity index (χ1n) is 12.1. The molecular weight excluding hydrogens is 522 g/mol. The molecule has 0 unspecified atom stereocenters.